The van der Waals surface area contributed by atoms with Gasteiger partial charge in [0.15, 0.2) is 0 Å². The van der Waals surface area contributed by atoms with Crippen molar-refractivity contribution in [2.45, 2.75) is 17.4 Å². The highest BCUT2D eigenvalue weighted by Gasteiger charge is 2.35. The van der Waals surface area contributed by atoms with Gasteiger partial charge in [0.25, 0.3) is 0 Å². The van der Waals surface area contributed by atoms with E-state index in [1.807, 2.05) is 30.3 Å². The van der Waals surface area contributed by atoms with Crippen molar-refractivity contribution in [2.24, 2.45) is 0 Å². The molecule has 6 nitrogen and oxygen atoms in total. The molecule has 1 aliphatic rings. The number of hydrogen-bond acceptors (Lipinski definition) is 5. The zero-order chi connectivity index (χ0) is 23.4. The highest BCUT2D eigenvalue weighted by atomic mass is 79.9. The maximum absolute atomic E-state index is 13.6. The molecule has 174 valence electrons. The molecule has 0 spiro atoms. The van der Waals surface area contributed by atoms with Crippen LogP contribution in [0.2, 0.25) is 0 Å². The molecule has 2 aromatic carbocycles. The van der Waals surface area contributed by atoms with Crippen LogP contribution in [0.3, 0.4) is 0 Å². The standard InChI is InChI=1S/C24H25BrN2O4S2/c1-31-15-14-26(33(29,30)20-9-7-19(25)8-10-20)17-23(28)27-13-11-22-21(12-16-32-22)24(27)18-5-3-2-4-6-18/h2-10,12,16,24H,11,13-15,17H2,1H3. The molecule has 0 saturated carbocycles. The van der Waals surface area contributed by atoms with Crippen molar-refractivity contribution in [2.75, 3.05) is 33.4 Å². The lowest BCUT2D eigenvalue weighted by Gasteiger charge is -2.37. The number of ether oxygens (including phenoxy) is 1. The smallest absolute Gasteiger partial charge is 0.243 e. The SMILES string of the molecule is COCCN(CC(=O)N1CCc2sccc2C1c1ccccc1)S(=O)(=O)c1ccc(Br)cc1. The lowest BCUT2D eigenvalue weighted by atomic mass is 9.93. The lowest BCUT2D eigenvalue weighted by Crippen LogP contribution is -2.47. The van der Waals surface area contributed by atoms with Gasteiger partial charge in [-0.15, -0.1) is 11.3 Å². The Balaban J connectivity index is 1.64. The van der Waals surface area contributed by atoms with E-state index >= 15 is 0 Å². The van der Waals surface area contributed by atoms with E-state index in [1.54, 1.807) is 28.4 Å². The molecule has 0 saturated heterocycles. The minimum atomic E-state index is -3.87. The fourth-order valence-corrected chi connectivity index (χ4v) is 6.60. The molecule has 0 radical (unpaired) electrons. The largest absolute Gasteiger partial charge is 0.383 e. The Morgan fingerprint density at radius 3 is 2.58 bits per heavy atom. The number of carbonyl (C=O) groups is 1. The lowest BCUT2D eigenvalue weighted by molar-refractivity contribution is -0.133. The van der Waals surface area contributed by atoms with Crippen molar-refractivity contribution in [1.82, 2.24) is 9.21 Å². The highest BCUT2D eigenvalue weighted by Crippen LogP contribution is 2.37. The number of thiophene rings is 1. The topological polar surface area (TPSA) is 66.9 Å². The summed E-state index contributed by atoms with van der Waals surface area (Å²) < 4.78 is 33.9. The van der Waals surface area contributed by atoms with Crippen LogP contribution < -0.4 is 0 Å². The fourth-order valence-electron chi connectivity index (χ4n) is 4.05. The van der Waals surface area contributed by atoms with Crippen molar-refractivity contribution in [3.63, 3.8) is 0 Å². The van der Waals surface area contributed by atoms with Gasteiger partial charge in [0, 0.05) is 29.5 Å². The van der Waals surface area contributed by atoms with E-state index in [0.29, 0.717) is 6.54 Å². The Hall–Kier alpha value is -2.04. The van der Waals surface area contributed by atoms with E-state index in [2.05, 4.69) is 27.4 Å². The predicted molar refractivity (Wildman–Crippen MR) is 133 cm³/mol. The number of sulfonamides is 1. The second kappa shape index (κ2) is 10.5. The normalized spacial score (nSPS) is 16.1. The first-order valence-corrected chi connectivity index (χ1v) is 13.7. The molecule has 0 aliphatic carbocycles. The molecule has 1 aliphatic heterocycles. The molecule has 1 atom stereocenters. The third kappa shape index (κ3) is 5.22. The first-order valence-electron chi connectivity index (χ1n) is 10.6. The fraction of sp³-hybridized carbons (Fsp3) is 0.292. The second-order valence-corrected chi connectivity index (χ2v) is 11.6. The van der Waals surface area contributed by atoms with Crippen LogP contribution in [0.1, 0.15) is 22.0 Å². The molecule has 1 aromatic heterocycles. The zero-order valence-electron chi connectivity index (χ0n) is 18.2. The maximum Gasteiger partial charge on any atom is 0.243 e. The van der Waals surface area contributed by atoms with Crippen LogP contribution in [0, 0.1) is 0 Å². The van der Waals surface area contributed by atoms with Crippen LogP contribution in [0.25, 0.3) is 0 Å². The summed E-state index contributed by atoms with van der Waals surface area (Å²) in [5.74, 6) is -0.225. The summed E-state index contributed by atoms with van der Waals surface area (Å²) in [7, 11) is -2.35. The highest BCUT2D eigenvalue weighted by molar-refractivity contribution is 9.10. The quantitative estimate of drug-likeness (QED) is 0.420. The molecule has 9 heteroatoms. The van der Waals surface area contributed by atoms with E-state index in [1.165, 1.54) is 28.4 Å². The second-order valence-electron chi connectivity index (χ2n) is 7.73. The molecule has 1 unspecified atom stereocenters. The molecule has 4 rings (SSSR count). The van der Waals surface area contributed by atoms with Gasteiger partial charge < -0.3 is 9.64 Å². The molecule has 1 amide bonds. The van der Waals surface area contributed by atoms with Crippen molar-refractivity contribution >= 4 is 43.2 Å². The van der Waals surface area contributed by atoms with Gasteiger partial charge in [-0.1, -0.05) is 46.3 Å². The first kappa shape index (κ1) is 24.1. The molecule has 33 heavy (non-hydrogen) atoms. The van der Waals surface area contributed by atoms with E-state index in [0.717, 1.165) is 22.0 Å². The summed E-state index contributed by atoms with van der Waals surface area (Å²) in [6, 6.07) is 18.2. The maximum atomic E-state index is 13.6. The van der Waals surface area contributed by atoms with E-state index in [9.17, 15) is 13.2 Å². The number of fused-ring (bicyclic) bond motifs is 1. The van der Waals surface area contributed by atoms with Gasteiger partial charge in [0.2, 0.25) is 15.9 Å². The average molecular weight is 550 g/mol. The number of methoxy groups -OCH3 is 1. The minimum Gasteiger partial charge on any atom is -0.383 e. The van der Waals surface area contributed by atoms with Crippen LogP contribution in [0.15, 0.2) is 75.4 Å². The summed E-state index contributed by atoms with van der Waals surface area (Å²) in [6.07, 6.45) is 0.763. The third-order valence-electron chi connectivity index (χ3n) is 5.71. The van der Waals surface area contributed by atoms with Crippen molar-refractivity contribution in [3.05, 3.63) is 86.5 Å². The summed E-state index contributed by atoms with van der Waals surface area (Å²) in [6.45, 7) is 0.584. The molecule has 0 N–H and O–H groups in total. The van der Waals surface area contributed by atoms with Crippen molar-refractivity contribution < 1.29 is 17.9 Å². The van der Waals surface area contributed by atoms with E-state index < -0.39 is 10.0 Å². The van der Waals surface area contributed by atoms with Crippen LogP contribution in [0.4, 0.5) is 0 Å². The van der Waals surface area contributed by atoms with Gasteiger partial charge in [-0.25, -0.2) is 8.42 Å². The monoisotopic (exact) mass is 548 g/mol. The Labute approximate surface area is 207 Å². The van der Waals surface area contributed by atoms with Gasteiger partial charge in [-0.3, -0.25) is 4.79 Å². The van der Waals surface area contributed by atoms with Crippen molar-refractivity contribution in [3.8, 4) is 0 Å². The predicted octanol–water partition coefficient (Wildman–Crippen LogP) is 4.32. The van der Waals surface area contributed by atoms with Gasteiger partial charge in [0.05, 0.1) is 24.1 Å². The number of benzene rings is 2. The molecular weight excluding hydrogens is 524 g/mol. The summed E-state index contributed by atoms with van der Waals surface area (Å²) in [5, 5.41) is 2.05. The summed E-state index contributed by atoms with van der Waals surface area (Å²) >= 11 is 5.03. The Bertz CT molecular complexity index is 1200. The van der Waals surface area contributed by atoms with E-state index in [-0.39, 0.29) is 36.5 Å². The van der Waals surface area contributed by atoms with Crippen LogP contribution >= 0.6 is 27.3 Å². The van der Waals surface area contributed by atoms with Crippen LogP contribution in [0.5, 0.6) is 0 Å². The number of halogens is 1. The first-order chi connectivity index (χ1) is 15.9. The van der Waals surface area contributed by atoms with Gasteiger partial charge >= 0.3 is 0 Å². The molecular formula is C24H25BrN2O4S2. The molecule has 0 bridgehead atoms. The van der Waals surface area contributed by atoms with Crippen molar-refractivity contribution in [1.29, 1.82) is 0 Å². The van der Waals surface area contributed by atoms with E-state index in [4.69, 9.17) is 4.74 Å². The molecule has 3 aromatic rings. The Kier molecular flexibility index (Phi) is 7.65. The summed E-state index contributed by atoms with van der Waals surface area (Å²) in [5.41, 5.74) is 2.13. The molecule has 2 heterocycles. The van der Waals surface area contributed by atoms with Gasteiger partial charge in [0.1, 0.15) is 0 Å². The zero-order valence-corrected chi connectivity index (χ0v) is 21.4. The number of rotatable bonds is 8. The number of hydrogen-bond donors (Lipinski definition) is 0. The van der Waals surface area contributed by atoms with Crippen LogP contribution in [-0.2, 0) is 26.0 Å². The number of carbonyl (C=O) groups excluding carboxylic acids is 1. The average Bonchev–Trinajstić information content (AvgIpc) is 3.30. The third-order valence-corrected chi connectivity index (χ3v) is 9.09. The number of amides is 1. The van der Waals surface area contributed by atoms with Gasteiger partial charge in [-0.05, 0) is 53.3 Å². The Morgan fingerprint density at radius 2 is 1.88 bits per heavy atom. The summed E-state index contributed by atoms with van der Waals surface area (Å²) in [4.78, 5) is 16.8. The van der Waals surface area contributed by atoms with Crippen LogP contribution in [-0.4, -0.2) is 56.9 Å². The number of nitrogens with zero attached hydrogens (tertiary/aromatic N) is 2. The Morgan fingerprint density at radius 1 is 1.15 bits per heavy atom. The van der Waals surface area contributed by atoms with Gasteiger partial charge in [-0.2, -0.15) is 4.31 Å². The minimum absolute atomic E-state index is 0.0915. The molecule has 0 fully saturated rings.